The molecule has 5 rings (SSSR count). The molecule has 0 aliphatic heterocycles. The molecule has 5 aromatic rings. The molecule has 1 nitrogen and oxygen atoms in total. The number of rotatable bonds is 10. The van der Waals surface area contributed by atoms with Crippen LogP contribution in [0.15, 0.2) is 72.8 Å². The molecular weight excluding hydrogens is 669 g/mol. The van der Waals surface area contributed by atoms with Gasteiger partial charge >= 0.3 is 6.11 Å². The Morgan fingerprint density at radius 1 is 0.551 bits per heavy atom. The first-order valence-electron chi connectivity index (χ1n) is 14.8. The normalized spacial score (nSPS) is 11.8. The lowest BCUT2D eigenvalue weighted by Crippen LogP contribution is -2.25. The fraction of sp³-hybridized carbons (Fsp3) is 0.189. The number of halogens is 11. The molecular formula is C37H25F11O. The largest absolute Gasteiger partial charge is 0.432 e. The summed E-state index contributed by atoms with van der Waals surface area (Å²) >= 11 is 0. The van der Waals surface area contributed by atoms with E-state index in [9.17, 15) is 22.0 Å². The van der Waals surface area contributed by atoms with Gasteiger partial charge in [0, 0.05) is 17.2 Å². The maximum atomic E-state index is 15.2. The summed E-state index contributed by atoms with van der Waals surface area (Å²) in [4.78, 5) is 0. The standard InChI is InChI=1S/C37H25F11O/c1-18(2)4-3-5-19-6-8-24(26(38)10-19)20-11-28(40)34(29(41)12-20)22-15-30(42)35(31(43)16-22)37(47,48)49-23-7-9-25(27(39)17-23)21-13-32(44)36(46)33(45)14-21/h6-18H,3-5H2,1-2H3. The Balaban J connectivity index is 1.40. The van der Waals surface area contributed by atoms with Gasteiger partial charge in [0.2, 0.25) is 0 Å². The van der Waals surface area contributed by atoms with E-state index in [1.807, 2.05) is 0 Å². The summed E-state index contributed by atoms with van der Waals surface area (Å²) in [6.45, 7) is 4.11. The Labute approximate surface area is 273 Å². The highest BCUT2D eigenvalue weighted by molar-refractivity contribution is 5.73. The topological polar surface area (TPSA) is 9.23 Å². The number of benzene rings is 5. The van der Waals surface area contributed by atoms with Crippen molar-refractivity contribution in [1.29, 1.82) is 0 Å². The number of hydrogen-bond donors (Lipinski definition) is 0. The van der Waals surface area contributed by atoms with Gasteiger partial charge in [0.25, 0.3) is 0 Å². The molecule has 0 atom stereocenters. The van der Waals surface area contributed by atoms with Crippen LogP contribution in [0, 0.1) is 58.3 Å². The van der Waals surface area contributed by atoms with E-state index in [2.05, 4.69) is 18.6 Å². The van der Waals surface area contributed by atoms with Gasteiger partial charge in [-0.2, -0.15) is 8.78 Å². The van der Waals surface area contributed by atoms with Gasteiger partial charge in [-0.1, -0.05) is 32.4 Å². The summed E-state index contributed by atoms with van der Waals surface area (Å²) in [6.07, 6.45) is -2.47. The average Bonchev–Trinajstić information content (AvgIpc) is 2.98. The first-order valence-corrected chi connectivity index (χ1v) is 14.8. The van der Waals surface area contributed by atoms with E-state index in [0.29, 0.717) is 42.2 Å². The smallest absolute Gasteiger partial charge is 0.429 e. The molecule has 0 saturated heterocycles. The van der Waals surface area contributed by atoms with Crippen LogP contribution in [0.4, 0.5) is 48.3 Å². The summed E-state index contributed by atoms with van der Waals surface area (Å²) in [6, 6.07) is 8.89. The second-order valence-corrected chi connectivity index (χ2v) is 11.7. The SMILES string of the molecule is CC(C)CCCc1ccc(-c2cc(F)c(-c3cc(F)c(C(F)(F)Oc4ccc(-c5cc(F)c(F)c(F)c5)c(F)c4)c(F)c3)c(F)c2)c(F)c1. The number of hydrogen-bond acceptors (Lipinski definition) is 1. The van der Waals surface area contributed by atoms with Gasteiger partial charge < -0.3 is 4.74 Å². The van der Waals surface area contributed by atoms with Crippen LogP contribution in [0.25, 0.3) is 33.4 Å². The van der Waals surface area contributed by atoms with Crippen LogP contribution in [-0.2, 0) is 12.5 Å². The summed E-state index contributed by atoms with van der Waals surface area (Å²) in [5, 5.41) is 0. The molecule has 0 aliphatic rings. The van der Waals surface area contributed by atoms with Crippen LogP contribution in [0.3, 0.4) is 0 Å². The van der Waals surface area contributed by atoms with Gasteiger partial charge in [-0.25, -0.2) is 39.5 Å². The molecule has 256 valence electrons. The van der Waals surface area contributed by atoms with Gasteiger partial charge in [0.1, 0.15) is 46.2 Å². The molecule has 0 fully saturated rings. The van der Waals surface area contributed by atoms with E-state index in [-0.39, 0.29) is 23.3 Å². The monoisotopic (exact) mass is 694 g/mol. The summed E-state index contributed by atoms with van der Waals surface area (Å²) in [7, 11) is 0. The highest BCUT2D eigenvalue weighted by Gasteiger charge is 2.41. The summed E-state index contributed by atoms with van der Waals surface area (Å²) in [5.41, 5.74) is -4.44. The van der Waals surface area contributed by atoms with Crippen molar-refractivity contribution in [2.45, 2.75) is 39.2 Å². The van der Waals surface area contributed by atoms with Crippen LogP contribution in [0.1, 0.15) is 37.8 Å². The van der Waals surface area contributed by atoms with Gasteiger partial charge in [0.05, 0.1) is 5.56 Å². The summed E-state index contributed by atoms with van der Waals surface area (Å²) < 4.78 is 165. The second kappa shape index (κ2) is 13.9. The van der Waals surface area contributed by atoms with Gasteiger partial charge in [-0.05, 0) is 95.6 Å². The van der Waals surface area contributed by atoms with Crippen LogP contribution < -0.4 is 4.74 Å². The fourth-order valence-corrected chi connectivity index (χ4v) is 5.37. The number of ether oxygens (including phenoxy) is 1. The zero-order valence-electron chi connectivity index (χ0n) is 25.7. The Morgan fingerprint density at radius 2 is 1.04 bits per heavy atom. The first-order chi connectivity index (χ1) is 23.0. The average molecular weight is 695 g/mol. The minimum atomic E-state index is -4.81. The van der Waals surface area contributed by atoms with E-state index in [1.54, 1.807) is 6.07 Å². The minimum Gasteiger partial charge on any atom is -0.429 e. The lowest BCUT2D eigenvalue weighted by Gasteiger charge is -2.20. The predicted molar refractivity (Wildman–Crippen MR) is 161 cm³/mol. The lowest BCUT2D eigenvalue weighted by molar-refractivity contribution is -0.189. The Kier molecular flexibility index (Phi) is 10.1. The molecule has 0 aromatic heterocycles. The Bertz CT molecular complexity index is 1970. The van der Waals surface area contributed by atoms with Crippen molar-refractivity contribution >= 4 is 0 Å². The van der Waals surface area contributed by atoms with Crippen molar-refractivity contribution in [2.24, 2.45) is 5.92 Å². The molecule has 0 unspecified atom stereocenters. The molecule has 49 heavy (non-hydrogen) atoms. The third-order valence-corrected chi connectivity index (χ3v) is 7.74. The maximum Gasteiger partial charge on any atom is 0.432 e. The third-order valence-electron chi connectivity index (χ3n) is 7.74. The molecule has 5 aromatic carbocycles. The fourth-order valence-electron chi connectivity index (χ4n) is 5.37. The molecule has 0 aliphatic carbocycles. The van der Waals surface area contributed by atoms with Crippen LogP contribution in [0.2, 0.25) is 0 Å². The molecule has 0 bridgehead atoms. The molecule has 0 radical (unpaired) electrons. The van der Waals surface area contributed by atoms with Crippen molar-refractivity contribution in [3.8, 4) is 39.1 Å². The van der Waals surface area contributed by atoms with E-state index >= 15 is 26.3 Å². The lowest BCUT2D eigenvalue weighted by atomic mass is 9.96. The molecule has 0 N–H and O–H groups in total. The van der Waals surface area contributed by atoms with Crippen molar-refractivity contribution in [3.63, 3.8) is 0 Å². The first kappa shape index (κ1) is 35.4. The predicted octanol–water partition coefficient (Wildman–Crippen LogP) is 12.0. The van der Waals surface area contributed by atoms with Crippen LogP contribution in [0.5, 0.6) is 5.75 Å². The van der Waals surface area contributed by atoms with E-state index in [1.165, 1.54) is 12.1 Å². The molecule has 0 saturated carbocycles. The quantitative estimate of drug-likeness (QED) is 0.104. The van der Waals surface area contributed by atoms with Crippen LogP contribution in [-0.4, -0.2) is 0 Å². The van der Waals surface area contributed by atoms with E-state index in [4.69, 9.17) is 0 Å². The van der Waals surface area contributed by atoms with Crippen molar-refractivity contribution < 1.29 is 53.0 Å². The molecule has 0 amide bonds. The molecule has 0 heterocycles. The van der Waals surface area contributed by atoms with E-state index < -0.39 is 92.0 Å². The van der Waals surface area contributed by atoms with Gasteiger partial charge in [-0.15, -0.1) is 0 Å². The summed E-state index contributed by atoms with van der Waals surface area (Å²) in [5.74, 6) is -14.4. The van der Waals surface area contributed by atoms with E-state index in [0.717, 1.165) is 31.0 Å². The Hall–Kier alpha value is -4.87. The second-order valence-electron chi connectivity index (χ2n) is 11.7. The van der Waals surface area contributed by atoms with Gasteiger partial charge in [0.15, 0.2) is 17.5 Å². The molecule has 0 spiro atoms. The van der Waals surface area contributed by atoms with Crippen molar-refractivity contribution in [1.82, 2.24) is 0 Å². The minimum absolute atomic E-state index is 0.136. The Morgan fingerprint density at radius 3 is 1.55 bits per heavy atom. The molecule has 12 heteroatoms. The number of alkyl halides is 2. The highest BCUT2D eigenvalue weighted by atomic mass is 19.3. The van der Waals surface area contributed by atoms with Crippen molar-refractivity contribution in [2.75, 3.05) is 0 Å². The zero-order chi connectivity index (χ0) is 35.8. The highest BCUT2D eigenvalue weighted by Crippen LogP contribution is 2.40. The maximum absolute atomic E-state index is 15.2. The van der Waals surface area contributed by atoms with Crippen LogP contribution >= 0.6 is 0 Å². The van der Waals surface area contributed by atoms with Gasteiger partial charge in [-0.3, -0.25) is 0 Å². The number of aryl methyl sites for hydroxylation is 1. The van der Waals surface area contributed by atoms with Crippen molar-refractivity contribution in [3.05, 3.63) is 136 Å². The third kappa shape index (κ3) is 7.58. The zero-order valence-corrected chi connectivity index (χ0v) is 25.7.